The number of benzene rings is 1. The summed E-state index contributed by atoms with van der Waals surface area (Å²) in [5.74, 6) is -1.39. The van der Waals surface area contributed by atoms with Gasteiger partial charge in [-0.3, -0.25) is 19.4 Å². The minimum atomic E-state index is -4.74. The van der Waals surface area contributed by atoms with E-state index in [1.165, 1.54) is 24.3 Å². The first-order valence-corrected chi connectivity index (χ1v) is 11.7. The van der Waals surface area contributed by atoms with Crippen LogP contribution in [0.15, 0.2) is 24.3 Å². The topological polar surface area (TPSA) is 114 Å². The first-order chi connectivity index (χ1) is 17.1. The fourth-order valence-corrected chi connectivity index (χ4v) is 5.14. The van der Waals surface area contributed by atoms with Crippen LogP contribution >= 0.6 is 0 Å². The summed E-state index contributed by atoms with van der Waals surface area (Å²) in [4.78, 5) is 39.0. The average molecular weight is 506 g/mol. The lowest BCUT2D eigenvalue weighted by Crippen LogP contribution is -2.57. The Balaban J connectivity index is 1.42. The van der Waals surface area contributed by atoms with Gasteiger partial charge in [0.15, 0.2) is 5.69 Å². The van der Waals surface area contributed by atoms with Crippen LogP contribution < -0.4 is 5.73 Å². The molecule has 3 aliphatic rings. The monoisotopic (exact) mass is 506 g/mol. The number of fused-ring (bicyclic) bond motifs is 1. The third-order valence-corrected chi connectivity index (χ3v) is 6.88. The molecule has 13 heteroatoms. The van der Waals surface area contributed by atoms with Crippen molar-refractivity contribution in [3.8, 4) is 5.69 Å². The number of halogens is 3. The van der Waals surface area contributed by atoms with Crippen molar-refractivity contribution in [1.29, 1.82) is 0 Å². The highest BCUT2D eigenvalue weighted by Gasteiger charge is 2.44. The minimum absolute atomic E-state index is 0.00753. The Kier molecular flexibility index (Phi) is 6.20. The molecule has 2 N–H and O–H groups in total. The summed E-state index contributed by atoms with van der Waals surface area (Å²) in [6.45, 7) is 2.20. The molecule has 192 valence electrons. The number of primary amides is 1. The molecule has 5 rings (SSSR count). The number of nitrogens with zero attached hydrogens (tertiary/aromatic N) is 5. The molecule has 2 fully saturated rings. The van der Waals surface area contributed by atoms with Crippen molar-refractivity contribution in [1.82, 2.24) is 24.7 Å². The predicted molar refractivity (Wildman–Crippen MR) is 119 cm³/mol. The predicted octanol–water partition coefficient (Wildman–Crippen LogP) is 1.23. The molecule has 0 saturated carbocycles. The number of nitrogens with two attached hydrogens (primary N) is 1. The maximum atomic E-state index is 13.8. The summed E-state index contributed by atoms with van der Waals surface area (Å²) in [6, 6.07) is 5.52. The molecule has 0 atom stereocenters. The lowest BCUT2D eigenvalue weighted by Gasteiger charge is -2.44. The summed E-state index contributed by atoms with van der Waals surface area (Å²) in [5, 5.41) is 7.39. The van der Waals surface area contributed by atoms with Crippen LogP contribution in [-0.2, 0) is 22.1 Å². The molecule has 36 heavy (non-hydrogen) atoms. The van der Waals surface area contributed by atoms with Crippen LogP contribution in [0.3, 0.4) is 0 Å². The number of aromatic nitrogens is 2. The molecule has 0 radical (unpaired) electrons. The number of carbonyl (C=O) groups is 3. The molecular formula is C23H25F3N6O4. The van der Waals surface area contributed by atoms with Crippen LogP contribution in [0.2, 0.25) is 0 Å². The molecule has 0 unspecified atom stereocenters. The summed E-state index contributed by atoms with van der Waals surface area (Å²) < 4.78 is 47.6. The first-order valence-electron chi connectivity index (χ1n) is 11.7. The molecule has 3 amide bonds. The number of hydrogen-bond acceptors (Lipinski definition) is 6. The molecule has 1 aromatic heterocycles. The highest BCUT2D eigenvalue weighted by Crippen LogP contribution is 2.37. The van der Waals surface area contributed by atoms with Crippen molar-refractivity contribution in [3.63, 3.8) is 0 Å². The summed E-state index contributed by atoms with van der Waals surface area (Å²) in [5.41, 5.74) is 4.17. The number of morpholine rings is 1. The second-order valence-electron chi connectivity index (χ2n) is 9.00. The zero-order chi connectivity index (χ0) is 25.6. The first kappa shape index (κ1) is 24.3. The number of piperidine rings is 1. The Labute approximate surface area is 204 Å². The van der Waals surface area contributed by atoms with Crippen LogP contribution in [0, 0.1) is 0 Å². The van der Waals surface area contributed by atoms with E-state index in [1.807, 2.05) is 5.01 Å². The van der Waals surface area contributed by atoms with E-state index >= 15 is 0 Å². The Morgan fingerprint density at radius 2 is 1.86 bits per heavy atom. The Bertz CT molecular complexity index is 1200. The zero-order valence-electron chi connectivity index (χ0n) is 19.3. The van der Waals surface area contributed by atoms with Gasteiger partial charge < -0.3 is 15.4 Å². The highest BCUT2D eigenvalue weighted by molar-refractivity contribution is 5.97. The van der Waals surface area contributed by atoms with Crippen molar-refractivity contribution in [3.05, 3.63) is 46.8 Å². The van der Waals surface area contributed by atoms with Crippen LogP contribution in [0.5, 0.6) is 0 Å². The van der Waals surface area contributed by atoms with Crippen molar-refractivity contribution >= 4 is 17.7 Å². The van der Waals surface area contributed by atoms with Crippen LogP contribution in [0.1, 0.15) is 44.9 Å². The molecule has 2 saturated heterocycles. The summed E-state index contributed by atoms with van der Waals surface area (Å²) >= 11 is 0. The van der Waals surface area contributed by atoms with Crippen LogP contribution in [0.4, 0.5) is 13.2 Å². The lowest BCUT2D eigenvalue weighted by atomic mass is 9.97. The summed E-state index contributed by atoms with van der Waals surface area (Å²) in [7, 11) is 0. The molecule has 4 heterocycles. The van der Waals surface area contributed by atoms with Crippen molar-refractivity contribution in [2.24, 2.45) is 5.73 Å². The largest absolute Gasteiger partial charge is 0.435 e. The van der Waals surface area contributed by atoms with Gasteiger partial charge in [0, 0.05) is 36.8 Å². The van der Waals surface area contributed by atoms with Gasteiger partial charge in [-0.05, 0) is 37.5 Å². The smallest absolute Gasteiger partial charge is 0.370 e. The highest BCUT2D eigenvalue weighted by atomic mass is 19.4. The second kappa shape index (κ2) is 9.21. The molecular weight excluding hydrogens is 481 g/mol. The Hall–Kier alpha value is -3.45. The molecule has 2 aromatic rings. The van der Waals surface area contributed by atoms with Gasteiger partial charge in [0.05, 0.1) is 18.8 Å². The fraction of sp³-hybridized carbons (Fsp3) is 0.478. The van der Waals surface area contributed by atoms with Gasteiger partial charge in [0.25, 0.3) is 11.8 Å². The van der Waals surface area contributed by atoms with Crippen molar-refractivity contribution in [2.45, 2.75) is 31.5 Å². The number of hydrazine groups is 1. The molecule has 1 aromatic carbocycles. The zero-order valence-corrected chi connectivity index (χ0v) is 19.3. The number of amides is 3. The normalized spacial score (nSPS) is 20.1. The van der Waals surface area contributed by atoms with Gasteiger partial charge in [-0.2, -0.15) is 18.3 Å². The van der Waals surface area contributed by atoms with E-state index in [1.54, 1.807) is 9.91 Å². The number of alkyl halides is 3. The van der Waals surface area contributed by atoms with E-state index in [9.17, 15) is 27.6 Å². The molecule has 3 aliphatic heterocycles. The maximum Gasteiger partial charge on any atom is 0.435 e. The van der Waals surface area contributed by atoms with Crippen molar-refractivity contribution < 1.29 is 32.3 Å². The van der Waals surface area contributed by atoms with E-state index in [2.05, 4.69) is 5.10 Å². The quantitative estimate of drug-likeness (QED) is 0.667. The molecule has 0 aliphatic carbocycles. The molecule has 0 bridgehead atoms. The number of ether oxygens (including phenoxy) is 1. The molecule has 10 nitrogen and oxygen atoms in total. The number of carbonyl (C=O) groups excluding carboxylic acids is 3. The standard InChI is InChI=1S/C23H25F3N6O4/c24-23(25,26)20-17-6-9-30(15-4-7-29(8-5-15)31-10-11-36-13-18(31)33)22(35)19(17)32(28-20)16-3-1-2-14(12-16)21(27)34/h1-3,12,15H,4-11,13H2,(H2,27,34). The van der Waals surface area contributed by atoms with Gasteiger partial charge in [-0.15, -0.1) is 0 Å². The van der Waals surface area contributed by atoms with Gasteiger partial charge in [-0.1, -0.05) is 6.07 Å². The van der Waals surface area contributed by atoms with Gasteiger partial charge in [-0.25, -0.2) is 9.69 Å². The van der Waals surface area contributed by atoms with E-state index < -0.39 is 23.7 Å². The molecule has 0 spiro atoms. The van der Waals surface area contributed by atoms with Crippen molar-refractivity contribution in [2.75, 3.05) is 39.4 Å². The Morgan fingerprint density at radius 1 is 1.11 bits per heavy atom. The third-order valence-electron chi connectivity index (χ3n) is 6.88. The van der Waals surface area contributed by atoms with E-state index in [0.717, 1.165) is 4.68 Å². The SMILES string of the molecule is NC(=O)c1cccc(-n2nc(C(F)(F)F)c3c2C(=O)N(C2CCN(N4CCOCC4=O)CC2)CC3)c1. The maximum absolute atomic E-state index is 13.8. The Morgan fingerprint density at radius 3 is 2.53 bits per heavy atom. The van der Waals surface area contributed by atoms with E-state index in [0.29, 0.717) is 39.1 Å². The van der Waals surface area contributed by atoms with Crippen LogP contribution in [0.25, 0.3) is 5.69 Å². The summed E-state index contributed by atoms with van der Waals surface area (Å²) in [6.07, 6.45) is -3.59. The lowest BCUT2D eigenvalue weighted by molar-refractivity contribution is -0.168. The number of hydrogen-bond donors (Lipinski definition) is 1. The van der Waals surface area contributed by atoms with E-state index in [4.69, 9.17) is 10.5 Å². The van der Waals surface area contributed by atoms with Gasteiger partial charge in [0.1, 0.15) is 12.3 Å². The van der Waals surface area contributed by atoms with Crippen LogP contribution in [-0.4, -0.2) is 87.9 Å². The third kappa shape index (κ3) is 4.32. The fourth-order valence-electron chi connectivity index (χ4n) is 5.14. The average Bonchev–Trinajstić information content (AvgIpc) is 3.26. The number of rotatable bonds is 4. The van der Waals surface area contributed by atoms with Gasteiger partial charge in [0.2, 0.25) is 5.91 Å². The van der Waals surface area contributed by atoms with E-state index in [-0.39, 0.29) is 54.0 Å². The minimum Gasteiger partial charge on any atom is -0.370 e. The van der Waals surface area contributed by atoms with Gasteiger partial charge >= 0.3 is 6.18 Å². The second-order valence-corrected chi connectivity index (χ2v) is 9.00.